The van der Waals surface area contributed by atoms with Crippen molar-refractivity contribution >= 4 is 35.5 Å². The Balaban J connectivity index is 0.00000272. The van der Waals surface area contributed by atoms with Gasteiger partial charge in [0, 0.05) is 18.1 Å². The molecular weight excluding hydrogens is 453 g/mol. The molecule has 0 aliphatic carbocycles. The number of hydrogen-bond acceptors (Lipinski definition) is 6. The molecule has 1 unspecified atom stereocenters. The fourth-order valence-electron chi connectivity index (χ4n) is 3.12. The molecule has 0 spiro atoms. The van der Waals surface area contributed by atoms with Crippen molar-refractivity contribution in [1.29, 1.82) is 0 Å². The summed E-state index contributed by atoms with van der Waals surface area (Å²) in [6, 6.07) is 5.23. The quantitative estimate of drug-likeness (QED) is 0.577. The van der Waals surface area contributed by atoms with Crippen LogP contribution in [0.25, 0.3) is 11.3 Å². The summed E-state index contributed by atoms with van der Waals surface area (Å²) in [5, 5.41) is 6.29. The van der Waals surface area contributed by atoms with Gasteiger partial charge in [-0.2, -0.15) is 4.37 Å². The van der Waals surface area contributed by atoms with Crippen molar-refractivity contribution in [1.82, 2.24) is 14.7 Å². The number of anilines is 1. The standard InChI is InChI=1S/C20H17F3N4O2S.ClH/c21-12-4-1-5-13(22)17(12)18-14(23)6-7-15(26-18)19(28)27-16-10-25-30-20(16)29-11-3-2-8-24-9-11;/h1,4-7,10-11,24H,2-3,8-9H2,(H,27,28);1H. The Morgan fingerprint density at radius 1 is 1.16 bits per heavy atom. The van der Waals surface area contributed by atoms with Crippen molar-refractivity contribution < 1.29 is 22.7 Å². The van der Waals surface area contributed by atoms with E-state index < -0.39 is 34.6 Å². The second-order valence-corrected chi connectivity index (χ2v) is 7.46. The molecule has 0 bridgehead atoms. The highest BCUT2D eigenvalue weighted by molar-refractivity contribution is 7.08. The number of nitrogens with zero attached hydrogens (tertiary/aromatic N) is 2. The number of nitrogens with one attached hydrogen (secondary N) is 2. The van der Waals surface area contributed by atoms with E-state index in [1.54, 1.807) is 0 Å². The molecule has 1 saturated heterocycles. The van der Waals surface area contributed by atoms with Crippen LogP contribution in [0.4, 0.5) is 18.9 Å². The van der Waals surface area contributed by atoms with Gasteiger partial charge in [0.1, 0.15) is 40.6 Å². The van der Waals surface area contributed by atoms with E-state index in [4.69, 9.17) is 4.74 Å². The van der Waals surface area contributed by atoms with E-state index in [0.717, 1.165) is 61.3 Å². The van der Waals surface area contributed by atoms with Crippen molar-refractivity contribution in [3.05, 3.63) is 59.7 Å². The molecule has 0 radical (unpaired) electrons. The number of aromatic nitrogens is 2. The highest BCUT2D eigenvalue weighted by Gasteiger charge is 2.22. The summed E-state index contributed by atoms with van der Waals surface area (Å²) in [4.78, 5) is 16.5. The van der Waals surface area contributed by atoms with Crippen molar-refractivity contribution in [3.8, 4) is 16.3 Å². The SMILES string of the molecule is Cl.O=C(Nc1cnsc1OC1CCCNC1)c1ccc(F)c(-c2c(F)cccc2F)n1. The van der Waals surface area contributed by atoms with Gasteiger partial charge in [-0.15, -0.1) is 12.4 Å². The van der Waals surface area contributed by atoms with Gasteiger partial charge in [-0.05, 0) is 43.7 Å². The summed E-state index contributed by atoms with van der Waals surface area (Å²) < 4.78 is 52.3. The zero-order valence-corrected chi connectivity index (χ0v) is 17.7. The zero-order valence-electron chi connectivity index (χ0n) is 16.0. The number of amides is 1. The normalized spacial score (nSPS) is 15.8. The van der Waals surface area contributed by atoms with E-state index in [-0.39, 0.29) is 24.2 Å². The molecule has 1 aliphatic rings. The second-order valence-electron chi connectivity index (χ2n) is 6.69. The third-order valence-electron chi connectivity index (χ3n) is 4.59. The van der Waals surface area contributed by atoms with Gasteiger partial charge in [0.2, 0.25) is 5.06 Å². The number of carbonyl (C=O) groups is 1. The minimum absolute atomic E-state index is 0. The molecule has 11 heteroatoms. The van der Waals surface area contributed by atoms with E-state index in [0.29, 0.717) is 17.3 Å². The maximum Gasteiger partial charge on any atom is 0.274 e. The van der Waals surface area contributed by atoms with Crippen LogP contribution in [-0.4, -0.2) is 34.5 Å². The van der Waals surface area contributed by atoms with Crippen LogP contribution in [-0.2, 0) is 0 Å². The van der Waals surface area contributed by atoms with Crippen LogP contribution < -0.4 is 15.4 Å². The van der Waals surface area contributed by atoms with Crippen LogP contribution >= 0.6 is 23.9 Å². The lowest BCUT2D eigenvalue weighted by Gasteiger charge is -2.23. The topological polar surface area (TPSA) is 76.1 Å². The molecule has 0 saturated carbocycles. The number of ether oxygens (including phenoxy) is 1. The van der Waals surface area contributed by atoms with Crippen LogP contribution in [0.2, 0.25) is 0 Å². The monoisotopic (exact) mass is 470 g/mol. The molecule has 1 atom stereocenters. The van der Waals surface area contributed by atoms with E-state index in [9.17, 15) is 18.0 Å². The summed E-state index contributed by atoms with van der Waals surface area (Å²) in [6.07, 6.45) is 3.28. The molecule has 6 nitrogen and oxygen atoms in total. The Morgan fingerprint density at radius 3 is 2.65 bits per heavy atom. The van der Waals surface area contributed by atoms with Gasteiger partial charge in [0.15, 0.2) is 0 Å². The molecule has 2 N–H and O–H groups in total. The number of rotatable bonds is 5. The maximum absolute atomic E-state index is 14.2. The molecule has 31 heavy (non-hydrogen) atoms. The first-order valence-corrected chi connectivity index (χ1v) is 10.0. The highest BCUT2D eigenvalue weighted by atomic mass is 35.5. The van der Waals surface area contributed by atoms with Gasteiger partial charge >= 0.3 is 0 Å². The van der Waals surface area contributed by atoms with Crippen LogP contribution in [0.15, 0.2) is 36.5 Å². The number of benzene rings is 1. The maximum atomic E-state index is 14.2. The number of piperidine rings is 1. The molecule has 3 aromatic rings. The third kappa shape index (κ3) is 5.15. The molecule has 1 aromatic carbocycles. The van der Waals surface area contributed by atoms with Gasteiger partial charge in [0.25, 0.3) is 5.91 Å². The number of carbonyl (C=O) groups excluding carboxylic acids is 1. The minimum atomic E-state index is -0.974. The van der Waals surface area contributed by atoms with Gasteiger partial charge in [-0.25, -0.2) is 18.2 Å². The minimum Gasteiger partial charge on any atom is -0.477 e. The molecular formula is C20H18ClF3N4O2S. The van der Waals surface area contributed by atoms with Crippen molar-refractivity contribution in [2.24, 2.45) is 0 Å². The first-order valence-electron chi connectivity index (χ1n) is 9.27. The van der Waals surface area contributed by atoms with Gasteiger partial charge in [-0.3, -0.25) is 4.79 Å². The molecule has 1 fully saturated rings. The highest BCUT2D eigenvalue weighted by Crippen LogP contribution is 2.31. The number of pyridine rings is 1. The predicted octanol–water partition coefficient (Wildman–Crippen LogP) is 4.43. The lowest BCUT2D eigenvalue weighted by atomic mass is 10.1. The van der Waals surface area contributed by atoms with Crippen LogP contribution in [0, 0.1) is 17.5 Å². The fourth-order valence-corrected chi connectivity index (χ4v) is 3.76. The molecule has 3 heterocycles. The number of halogens is 4. The largest absolute Gasteiger partial charge is 0.477 e. The smallest absolute Gasteiger partial charge is 0.274 e. The Morgan fingerprint density at radius 2 is 1.94 bits per heavy atom. The molecule has 2 aromatic heterocycles. The Bertz CT molecular complexity index is 1060. The predicted molar refractivity (Wildman–Crippen MR) is 113 cm³/mol. The summed E-state index contributed by atoms with van der Waals surface area (Å²) >= 11 is 1.09. The van der Waals surface area contributed by atoms with E-state index >= 15 is 0 Å². The summed E-state index contributed by atoms with van der Waals surface area (Å²) in [7, 11) is 0. The zero-order chi connectivity index (χ0) is 21.1. The first-order chi connectivity index (χ1) is 14.5. The number of hydrogen-bond donors (Lipinski definition) is 2. The van der Waals surface area contributed by atoms with Crippen LogP contribution in [0.5, 0.6) is 5.06 Å². The summed E-state index contributed by atoms with van der Waals surface area (Å²) in [5.41, 5.74) is -1.06. The van der Waals surface area contributed by atoms with Crippen LogP contribution in [0.3, 0.4) is 0 Å². The summed E-state index contributed by atoms with van der Waals surface area (Å²) in [5.74, 6) is -3.57. The molecule has 1 aliphatic heterocycles. The first kappa shape index (κ1) is 23.0. The molecule has 4 rings (SSSR count). The van der Waals surface area contributed by atoms with E-state index in [1.807, 2.05) is 0 Å². The molecule has 164 valence electrons. The van der Waals surface area contributed by atoms with E-state index in [2.05, 4.69) is 20.0 Å². The van der Waals surface area contributed by atoms with Crippen molar-refractivity contribution in [2.45, 2.75) is 18.9 Å². The lowest BCUT2D eigenvalue weighted by Crippen LogP contribution is -2.37. The van der Waals surface area contributed by atoms with Crippen molar-refractivity contribution in [3.63, 3.8) is 0 Å². The Kier molecular flexibility index (Phi) is 7.47. The fraction of sp³-hybridized carbons (Fsp3) is 0.250. The second kappa shape index (κ2) is 10.1. The third-order valence-corrected chi connectivity index (χ3v) is 5.28. The van der Waals surface area contributed by atoms with E-state index in [1.165, 1.54) is 6.20 Å². The average molecular weight is 471 g/mol. The Labute approximate surface area is 186 Å². The van der Waals surface area contributed by atoms with Gasteiger partial charge in [-0.1, -0.05) is 6.07 Å². The Hall–Kier alpha value is -2.69. The summed E-state index contributed by atoms with van der Waals surface area (Å²) in [6.45, 7) is 1.63. The van der Waals surface area contributed by atoms with Gasteiger partial charge in [0.05, 0.1) is 11.8 Å². The average Bonchev–Trinajstić information content (AvgIpc) is 3.16. The van der Waals surface area contributed by atoms with Crippen LogP contribution in [0.1, 0.15) is 23.3 Å². The van der Waals surface area contributed by atoms with Crippen molar-refractivity contribution in [2.75, 3.05) is 18.4 Å². The lowest BCUT2D eigenvalue weighted by molar-refractivity contribution is 0.102. The molecule has 1 amide bonds. The van der Waals surface area contributed by atoms with Gasteiger partial charge < -0.3 is 15.4 Å².